The van der Waals surface area contributed by atoms with E-state index in [0.717, 1.165) is 6.42 Å². The molecule has 0 aliphatic heterocycles. The highest BCUT2D eigenvalue weighted by atomic mass is 32.1. The normalized spacial score (nSPS) is 9.85. The molecule has 0 aliphatic carbocycles. The van der Waals surface area contributed by atoms with Gasteiger partial charge in [-0.3, -0.25) is 20.2 Å². The summed E-state index contributed by atoms with van der Waals surface area (Å²) >= 11 is 4.94. The maximum absolute atomic E-state index is 11.9. The SMILES string of the molecule is COCCCNC(=S)NC(=O)c1ccccc1[N+](=O)[O-]. The highest BCUT2D eigenvalue weighted by Crippen LogP contribution is 2.17. The van der Waals surface area contributed by atoms with E-state index in [1.54, 1.807) is 13.2 Å². The van der Waals surface area contributed by atoms with Crippen LogP contribution in [-0.4, -0.2) is 36.2 Å². The van der Waals surface area contributed by atoms with Crippen LogP contribution in [0.4, 0.5) is 5.69 Å². The maximum atomic E-state index is 11.9. The Morgan fingerprint density at radius 3 is 2.80 bits per heavy atom. The minimum atomic E-state index is -0.610. The lowest BCUT2D eigenvalue weighted by Crippen LogP contribution is -2.40. The first-order chi connectivity index (χ1) is 9.56. The molecule has 7 nitrogen and oxygen atoms in total. The molecule has 108 valence electrons. The lowest BCUT2D eigenvalue weighted by atomic mass is 10.1. The second-order valence-corrected chi connectivity index (χ2v) is 4.24. The number of nitrogens with one attached hydrogen (secondary N) is 2. The molecule has 20 heavy (non-hydrogen) atoms. The van der Waals surface area contributed by atoms with Crippen LogP contribution in [-0.2, 0) is 4.74 Å². The van der Waals surface area contributed by atoms with Crippen LogP contribution in [0.3, 0.4) is 0 Å². The maximum Gasteiger partial charge on any atom is 0.282 e. The monoisotopic (exact) mass is 297 g/mol. The molecule has 2 N–H and O–H groups in total. The van der Waals surface area contributed by atoms with E-state index in [4.69, 9.17) is 17.0 Å². The van der Waals surface area contributed by atoms with Crippen molar-refractivity contribution < 1.29 is 14.5 Å². The molecule has 8 heteroatoms. The van der Waals surface area contributed by atoms with Crippen molar-refractivity contribution in [1.82, 2.24) is 10.6 Å². The fourth-order valence-corrected chi connectivity index (χ4v) is 1.65. The molecule has 0 radical (unpaired) electrons. The summed E-state index contributed by atoms with van der Waals surface area (Å²) < 4.78 is 4.87. The van der Waals surface area contributed by atoms with Crippen molar-refractivity contribution in [2.75, 3.05) is 20.3 Å². The van der Waals surface area contributed by atoms with Gasteiger partial charge in [0.2, 0.25) is 0 Å². The van der Waals surface area contributed by atoms with Crippen molar-refractivity contribution in [2.45, 2.75) is 6.42 Å². The zero-order valence-electron chi connectivity index (χ0n) is 10.9. The number of benzene rings is 1. The van der Waals surface area contributed by atoms with Gasteiger partial charge in [0.15, 0.2) is 5.11 Å². The Labute approximate surface area is 121 Å². The van der Waals surface area contributed by atoms with E-state index in [0.29, 0.717) is 13.2 Å². The first kappa shape index (κ1) is 16.0. The molecule has 0 saturated carbocycles. The van der Waals surface area contributed by atoms with E-state index in [-0.39, 0.29) is 16.4 Å². The topological polar surface area (TPSA) is 93.5 Å². The van der Waals surface area contributed by atoms with Crippen LogP contribution in [0, 0.1) is 10.1 Å². The van der Waals surface area contributed by atoms with E-state index in [1.807, 2.05) is 0 Å². The molecule has 0 saturated heterocycles. The number of methoxy groups -OCH3 is 1. The van der Waals surface area contributed by atoms with Gasteiger partial charge in [0.05, 0.1) is 4.92 Å². The summed E-state index contributed by atoms with van der Waals surface area (Å²) in [6.07, 6.45) is 0.734. The molecule has 0 spiro atoms. The molecule has 0 aromatic heterocycles. The largest absolute Gasteiger partial charge is 0.385 e. The number of carbonyl (C=O) groups is 1. The average molecular weight is 297 g/mol. The van der Waals surface area contributed by atoms with E-state index >= 15 is 0 Å². The molecule has 0 fully saturated rings. The molecule has 0 unspecified atom stereocenters. The first-order valence-corrected chi connectivity index (χ1v) is 6.28. The second-order valence-electron chi connectivity index (χ2n) is 3.83. The van der Waals surface area contributed by atoms with Crippen molar-refractivity contribution in [3.8, 4) is 0 Å². The van der Waals surface area contributed by atoms with Gasteiger partial charge in [0.1, 0.15) is 5.56 Å². The number of amides is 1. The summed E-state index contributed by atoms with van der Waals surface area (Å²) in [5.41, 5.74) is -0.286. The second kappa shape index (κ2) is 8.18. The Morgan fingerprint density at radius 1 is 1.45 bits per heavy atom. The van der Waals surface area contributed by atoms with Crippen LogP contribution >= 0.6 is 12.2 Å². The van der Waals surface area contributed by atoms with Gasteiger partial charge in [-0.25, -0.2) is 0 Å². The summed E-state index contributed by atoms with van der Waals surface area (Å²) in [6, 6.07) is 5.69. The number of rotatable bonds is 6. The fourth-order valence-electron chi connectivity index (χ4n) is 1.46. The molecule has 1 aromatic carbocycles. The molecule has 0 atom stereocenters. The number of nitro benzene ring substituents is 1. The van der Waals surface area contributed by atoms with E-state index in [9.17, 15) is 14.9 Å². The van der Waals surface area contributed by atoms with Gasteiger partial charge in [0, 0.05) is 26.3 Å². The highest BCUT2D eigenvalue weighted by molar-refractivity contribution is 7.80. The van der Waals surface area contributed by atoms with Crippen LogP contribution < -0.4 is 10.6 Å². The molecule has 0 heterocycles. The zero-order chi connectivity index (χ0) is 15.0. The molecular formula is C12H15N3O4S. The minimum absolute atomic E-state index is 0.0291. The summed E-state index contributed by atoms with van der Waals surface area (Å²) in [7, 11) is 1.59. The Kier molecular flexibility index (Phi) is 6.54. The quantitative estimate of drug-likeness (QED) is 0.355. The predicted octanol–water partition coefficient (Wildman–Crippen LogP) is 1.24. The molecule has 1 aromatic rings. The molecular weight excluding hydrogens is 282 g/mol. The van der Waals surface area contributed by atoms with E-state index < -0.39 is 10.8 Å². The number of carbonyl (C=O) groups excluding carboxylic acids is 1. The number of ether oxygens (including phenoxy) is 1. The number of hydrogen-bond acceptors (Lipinski definition) is 5. The van der Waals surface area contributed by atoms with Gasteiger partial charge >= 0.3 is 0 Å². The van der Waals surface area contributed by atoms with Gasteiger partial charge < -0.3 is 10.1 Å². The Hall–Kier alpha value is -2.06. The highest BCUT2D eigenvalue weighted by Gasteiger charge is 2.19. The zero-order valence-corrected chi connectivity index (χ0v) is 11.7. The Morgan fingerprint density at radius 2 is 2.15 bits per heavy atom. The third-order valence-electron chi connectivity index (χ3n) is 2.38. The van der Waals surface area contributed by atoms with Crippen LogP contribution in [0.5, 0.6) is 0 Å². The van der Waals surface area contributed by atoms with Crippen molar-refractivity contribution in [1.29, 1.82) is 0 Å². The minimum Gasteiger partial charge on any atom is -0.385 e. The van der Waals surface area contributed by atoms with Gasteiger partial charge in [0.25, 0.3) is 11.6 Å². The first-order valence-electron chi connectivity index (χ1n) is 5.87. The van der Waals surface area contributed by atoms with Gasteiger partial charge in [-0.15, -0.1) is 0 Å². The van der Waals surface area contributed by atoms with Crippen LogP contribution in [0.25, 0.3) is 0 Å². The standard InChI is InChI=1S/C12H15N3O4S/c1-19-8-4-7-13-12(20)14-11(16)9-5-2-3-6-10(9)15(17)18/h2-3,5-6H,4,7-8H2,1H3,(H2,13,14,16,20). The number of hydrogen-bond donors (Lipinski definition) is 2. The molecule has 0 aliphatic rings. The van der Waals surface area contributed by atoms with Gasteiger partial charge in [-0.1, -0.05) is 12.1 Å². The Balaban J connectivity index is 2.58. The Bertz CT molecular complexity index is 507. The fraction of sp³-hybridized carbons (Fsp3) is 0.333. The number of para-hydroxylation sites is 1. The van der Waals surface area contributed by atoms with E-state index in [2.05, 4.69) is 10.6 Å². The van der Waals surface area contributed by atoms with Crippen molar-refractivity contribution in [3.63, 3.8) is 0 Å². The molecule has 1 rings (SSSR count). The lowest BCUT2D eigenvalue weighted by Gasteiger charge is -2.09. The third kappa shape index (κ3) is 4.90. The van der Waals surface area contributed by atoms with Crippen LogP contribution in [0.1, 0.15) is 16.8 Å². The molecule has 1 amide bonds. The summed E-state index contributed by atoms with van der Waals surface area (Å²) in [4.78, 5) is 22.1. The number of thiocarbonyl (C=S) groups is 1. The van der Waals surface area contributed by atoms with Crippen molar-refractivity contribution in [3.05, 3.63) is 39.9 Å². The van der Waals surface area contributed by atoms with Gasteiger partial charge in [-0.05, 0) is 24.7 Å². The van der Waals surface area contributed by atoms with E-state index in [1.165, 1.54) is 18.2 Å². The van der Waals surface area contributed by atoms with Gasteiger partial charge in [-0.2, -0.15) is 0 Å². The lowest BCUT2D eigenvalue weighted by molar-refractivity contribution is -0.385. The van der Waals surface area contributed by atoms with Crippen molar-refractivity contribution in [2.24, 2.45) is 0 Å². The van der Waals surface area contributed by atoms with Crippen LogP contribution in [0.2, 0.25) is 0 Å². The number of nitrogens with zero attached hydrogens (tertiary/aromatic N) is 1. The molecule has 0 bridgehead atoms. The smallest absolute Gasteiger partial charge is 0.282 e. The summed E-state index contributed by atoms with van der Waals surface area (Å²) in [5, 5.41) is 16.2. The summed E-state index contributed by atoms with van der Waals surface area (Å²) in [5.74, 6) is -0.610. The number of nitro groups is 1. The predicted molar refractivity (Wildman–Crippen MR) is 77.7 cm³/mol. The summed E-state index contributed by atoms with van der Waals surface area (Å²) in [6.45, 7) is 1.12. The van der Waals surface area contributed by atoms with Crippen molar-refractivity contribution >= 4 is 28.9 Å². The third-order valence-corrected chi connectivity index (χ3v) is 2.63. The average Bonchev–Trinajstić information content (AvgIpc) is 2.43. The van der Waals surface area contributed by atoms with Crippen LogP contribution in [0.15, 0.2) is 24.3 Å².